The number of thioether (sulfide) groups is 1. The summed E-state index contributed by atoms with van der Waals surface area (Å²) in [5.41, 5.74) is 1.27. The zero-order valence-corrected chi connectivity index (χ0v) is 13.5. The summed E-state index contributed by atoms with van der Waals surface area (Å²) in [4.78, 5) is 19.2. The first-order chi connectivity index (χ1) is 11.3. The van der Waals surface area contributed by atoms with Gasteiger partial charge in [0.25, 0.3) is 5.91 Å². The van der Waals surface area contributed by atoms with Gasteiger partial charge in [0.1, 0.15) is 6.26 Å². The Hall–Kier alpha value is -1.79. The fourth-order valence-corrected chi connectivity index (χ4v) is 4.47. The van der Waals surface area contributed by atoms with Gasteiger partial charge in [-0.3, -0.25) is 4.79 Å². The van der Waals surface area contributed by atoms with Crippen LogP contribution in [0, 0.1) is 0 Å². The molecule has 1 aromatic carbocycles. The van der Waals surface area contributed by atoms with Gasteiger partial charge in [0.05, 0.1) is 6.61 Å². The van der Waals surface area contributed by atoms with Crippen molar-refractivity contribution in [3.05, 3.63) is 42.3 Å². The first-order valence-corrected chi connectivity index (χ1v) is 8.89. The molecule has 4 rings (SSSR count). The molecule has 2 saturated heterocycles. The lowest BCUT2D eigenvalue weighted by atomic mass is 10.1. The number of oxazole rings is 1. The summed E-state index contributed by atoms with van der Waals surface area (Å²) < 4.78 is 11.1. The lowest BCUT2D eigenvalue weighted by molar-refractivity contribution is 0.0315. The molecule has 2 aromatic rings. The number of carbonyl (C=O) groups is 1. The van der Waals surface area contributed by atoms with E-state index in [9.17, 15) is 4.79 Å². The van der Waals surface area contributed by atoms with Gasteiger partial charge in [-0.25, -0.2) is 4.98 Å². The molecule has 1 aromatic heterocycles. The van der Waals surface area contributed by atoms with Crippen LogP contribution >= 0.6 is 11.8 Å². The van der Waals surface area contributed by atoms with E-state index in [1.807, 2.05) is 47.0 Å². The predicted octanol–water partition coefficient (Wildman–Crippen LogP) is 2.69. The highest BCUT2D eigenvalue weighted by Gasteiger charge is 2.38. The van der Waals surface area contributed by atoms with Crippen LogP contribution in [0.15, 0.2) is 41.0 Å². The van der Waals surface area contributed by atoms with Crippen LogP contribution in [0.25, 0.3) is 11.5 Å². The average Bonchev–Trinajstić information content (AvgIpc) is 3.11. The van der Waals surface area contributed by atoms with E-state index in [1.54, 1.807) is 0 Å². The molecule has 2 atom stereocenters. The molecule has 2 aliphatic heterocycles. The van der Waals surface area contributed by atoms with Crippen LogP contribution < -0.4 is 0 Å². The highest BCUT2D eigenvalue weighted by Crippen LogP contribution is 2.31. The van der Waals surface area contributed by atoms with Gasteiger partial charge in [-0.15, -0.1) is 0 Å². The van der Waals surface area contributed by atoms with Crippen molar-refractivity contribution in [1.82, 2.24) is 9.88 Å². The van der Waals surface area contributed by atoms with E-state index < -0.39 is 0 Å². The van der Waals surface area contributed by atoms with Crippen molar-refractivity contribution < 1.29 is 13.9 Å². The number of amides is 1. The summed E-state index contributed by atoms with van der Waals surface area (Å²) in [5, 5.41) is 0.377. The molecule has 3 heterocycles. The first kappa shape index (κ1) is 14.8. The average molecular weight is 330 g/mol. The van der Waals surface area contributed by atoms with Gasteiger partial charge in [-0.2, -0.15) is 11.8 Å². The third-order valence-corrected chi connectivity index (χ3v) is 5.64. The van der Waals surface area contributed by atoms with E-state index in [4.69, 9.17) is 9.15 Å². The third kappa shape index (κ3) is 2.88. The van der Waals surface area contributed by atoms with Gasteiger partial charge < -0.3 is 14.1 Å². The van der Waals surface area contributed by atoms with Gasteiger partial charge in [0.15, 0.2) is 5.69 Å². The van der Waals surface area contributed by atoms with Crippen molar-refractivity contribution in [2.45, 2.75) is 17.7 Å². The lowest BCUT2D eigenvalue weighted by Crippen LogP contribution is -2.54. The van der Waals surface area contributed by atoms with Crippen LogP contribution in [-0.4, -0.2) is 52.6 Å². The summed E-state index contributed by atoms with van der Waals surface area (Å²) in [7, 11) is 0. The summed E-state index contributed by atoms with van der Waals surface area (Å²) in [5.74, 6) is 1.40. The van der Waals surface area contributed by atoms with E-state index >= 15 is 0 Å². The van der Waals surface area contributed by atoms with E-state index in [0.717, 1.165) is 37.5 Å². The van der Waals surface area contributed by atoms with Gasteiger partial charge in [-0.1, -0.05) is 18.2 Å². The number of hydrogen-bond donors (Lipinski definition) is 0. The Morgan fingerprint density at radius 2 is 2.17 bits per heavy atom. The number of nitrogens with zero attached hydrogens (tertiary/aromatic N) is 2. The number of aromatic nitrogens is 1. The van der Waals surface area contributed by atoms with Crippen LogP contribution in [0.3, 0.4) is 0 Å². The maximum absolute atomic E-state index is 12.9. The van der Waals surface area contributed by atoms with Gasteiger partial charge in [0.2, 0.25) is 5.89 Å². The molecular weight excluding hydrogens is 312 g/mol. The molecule has 1 amide bonds. The highest BCUT2D eigenvalue weighted by molar-refractivity contribution is 8.00. The molecule has 23 heavy (non-hydrogen) atoms. The molecule has 120 valence electrons. The lowest BCUT2D eigenvalue weighted by Gasteiger charge is -2.43. The van der Waals surface area contributed by atoms with Crippen molar-refractivity contribution in [3.8, 4) is 11.5 Å². The number of carbonyl (C=O) groups excluding carboxylic acids is 1. The topological polar surface area (TPSA) is 55.6 Å². The Balaban J connectivity index is 1.56. The minimum Gasteiger partial charge on any atom is -0.444 e. The summed E-state index contributed by atoms with van der Waals surface area (Å²) >= 11 is 1.90. The minimum absolute atomic E-state index is 0.0341. The third-order valence-electron chi connectivity index (χ3n) is 4.34. The fraction of sp³-hybridized carbons (Fsp3) is 0.412. The van der Waals surface area contributed by atoms with Crippen LogP contribution in [0.5, 0.6) is 0 Å². The molecule has 0 bridgehead atoms. The number of ether oxygens (including phenoxy) is 1. The number of fused-ring (bicyclic) bond motifs is 1. The second-order valence-corrected chi connectivity index (χ2v) is 7.09. The summed E-state index contributed by atoms with van der Waals surface area (Å²) in [6.45, 7) is 2.21. The Labute approximate surface area is 139 Å². The molecule has 2 fully saturated rings. The number of benzene rings is 1. The molecule has 5 nitrogen and oxygen atoms in total. The molecule has 0 radical (unpaired) electrons. The fourth-order valence-electron chi connectivity index (χ4n) is 3.17. The molecule has 2 unspecified atom stereocenters. The van der Waals surface area contributed by atoms with Crippen LogP contribution in [0.4, 0.5) is 0 Å². The zero-order valence-electron chi connectivity index (χ0n) is 12.7. The van der Waals surface area contributed by atoms with Crippen molar-refractivity contribution in [1.29, 1.82) is 0 Å². The maximum atomic E-state index is 12.9. The molecule has 0 saturated carbocycles. The molecular formula is C17H18N2O3S. The zero-order chi connectivity index (χ0) is 15.6. The quantitative estimate of drug-likeness (QED) is 0.847. The van der Waals surface area contributed by atoms with E-state index in [0.29, 0.717) is 16.8 Å². The van der Waals surface area contributed by atoms with E-state index in [2.05, 4.69) is 4.98 Å². The van der Waals surface area contributed by atoms with Gasteiger partial charge >= 0.3 is 0 Å². The molecule has 2 aliphatic rings. The predicted molar refractivity (Wildman–Crippen MR) is 88.4 cm³/mol. The van der Waals surface area contributed by atoms with E-state index in [-0.39, 0.29) is 11.9 Å². The largest absolute Gasteiger partial charge is 0.444 e. The van der Waals surface area contributed by atoms with Gasteiger partial charge in [-0.05, 0) is 18.6 Å². The Bertz CT molecular complexity index is 686. The number of rotatable bonds is 2. The minimum atomic E-state index is -0.0341. The highest BCUT2D eigenvalue weighted by atomic mass is 32.2. The second-order valence-electron chi connectivity index (χ2n) is 5.74. The van der Waals surface area contributed by atoms with Crippen LogP contribution in [0.2, 0.25) is 0 Å². The van der Waals surface area contributed by atoms with Crippen LogP contribution in [0.1, 0.15) is 16.9 Å². The molecule has 0 N–H and O–H groups in total. The second kappa shape index (κ2) is 6.37. The summed E-state index contributed by atoms with van der Waals surface area (Å²) in [6, 6.07) is 9.88. The summed E-state index contributed by atoms with van der Waals surface area (Å²) in [6.07, 6.45) is 2.37. The van der Waals surface area contributed by atoms with Gasteiger partial charge in [0, 0.05) is 35.8 Å². The smallest absolute Gasteiger partial charge is 0.276 e. The molecule has 0 aliphatic carbocycles. The Morgan fingerprint density at radius 3 is 3.04 bits per heavy atom. The van der Waals surface area contributed by atoms with Crippen molar-refractivity contribution in [2.24, 2.45) is 0 Å². The van der Waals surface area contributed by atoms with Crippen molar-refractivity contribution in [2.75, 3.05) is 25.5 Å². The number of hydrogen-bond acceptors (Lipinski definition) is 5. The maximum Gasteiger partial charge on any atom is 0.276 e. The SMILES string of the molecule is O=C(c1coc(-c2ccccc2)n1)N1CCSC2COCCC21. The normalized spacial score (nSPS) is 24.3. The van der Waals surface area contributed by atoms with E-state index in [1.165, 1.54) is 6.26 Å². The Morgan fingerprint density at radius 1 is 1.30 bits per heavy atom. The van der Waals surface area contributed by atoms with Crippen LogP contribution in [-0.2, 0) is 4.74 Å². The van der Waals surface area contributed by atoms with Crippen molar-refractivity contribution >= 4 is 17.7 Å². The van der Waals surface area contributed by atoms with Crippen molar-refractivity contribution in [3.63, 3.8) is 0 Å². The Kier molecular flexibility index (Phi) is 4.10. The standard InChI is InChI=1S/C17H18N2O3S/c20-17(19-7-9-23-15-11-21-8-6-14(15)19)13-10-22-16(18-13)12-4-2-1-3-5-12/h1-5,10,14-15H,6-9,11H2. The monoisotopic (exact) mass is 330 g/mol. The molecule has 0 spiro atoms. The molecule has 6 heteroatoms. The first-order valence-electron chi connectivity index (χ1n) is 7.84.